The van der Waals surface area contributed by atoms with Gasteiger partial charge in [-0.2, -0.15) is 0 Å². The summed E-state index contributed by atoms with van der Waals surface area (Å²) in [5.41, 5.74) is 0.437. The second kappa shape index (κ2) is 7.65. The molecule has 118 valence electrons. The van der Waals surface area contributed by atoms with E-state index in [2.05, 4.69) is 20.0 Å². The molecule has 22 heavy (non-hydrogen) atoms. The Morgan fingerprint density at radius 2 is 2.23 bits per heavy atom. The van der Waals surface area contributed by atoms with Crippen LogP contribution >= 0.6 is 0 Å². The largest absolute Gasteiger partial charge is 0.466 e. The van der Waals surface area contributed by atoms with Gasteiger partial charge in [0.1, 0.15) is 0 Å². The van der Waals surface area contributed by atoms with Crippen LogP contribution < -0.4 is 5.32 Å². The quantitative estimate of drug-likeness (QED) is 0.639. The van der Waals surface area contributed by atoms with E-state index in [4.69, 9.17) is 0 Å². The van der Waals surface area contributed by atoms with Crippen molar-refractivity contribution in [2.45, 2.75) is 31.8 Å². The van der Waals surface area contributed by atoms with Crippen LogP contribution in [-0.2, 0) is 14.3 Å². The van der Waals surface area contributed by atoms with Crippen LogP contribution in [0, 0.1) is 5.92 Å². The van der Waals surface area contributed by atoms with Crippen molar-refractivity contribution in [2.75, 3.05) is 12.4 Å². The number of hydrogen-bond donors (Lipinski definition) is 2. The van der Waals surface area contributed by atoms with Crippen molar-refractivity contribution in [3.05, 3.63) is 24.2 Å². The Bertz CT molecular complexity index is 574. The van der Waals surface area contributed by atoms with Crippen LogP contribution in [0.4, 0.5) is 5.82 Å². The molecule has 2 unspecified atom stereocenters. The van der Waals surface area contributed by atoms with Crippen LogP contribution in [0.15, 0.2) is 18.5 Å². The fourth-order valence-corrected chi connectivity index (χ4v) is 2.37. The lowest BCUT2D eigenvalue weighted by Crippen LogP contribution is -2.30. The van der Waals surface area contributed by atoms with E-state index >= 15 is 0 Å². The van der Waals surface area contributed by atoms with Gasteiger partial charge in [0.15, 0.2) is 5.82 Å². The number of aliphatic hydroxyl groups is 1. The number of amides is 1. The number of rotatable bonds is 4. The van der Waals surface area contributed by atoms with Crippen LogP contribution in [0.2, 0.25) is 0 Å². The molecule has 1 heterocycles. The van der Waals surface area contributed by atoms with Crippen LogP contribution in [0.3, 0.4) is 0 Å². The zero-order valence-electron chi connectivity index (χ0n) is 12.4. The number of carbonyl (C=O) groups is 2. The summed E-state index contributed by atoms with van der Waals surface area (Å²) in [7, 11) is 1.29. The predicted molar refractivity (Wildman–Crippen MR) is 79.7 cm³/mol. The molecular weight excluding hydrogens is 286 g/mol. The summed E-state index contributed by atoms with van der Waals surface area (Å²) in [6.45, 7) is 0. The Hall–Kier alpha value is -2.28. The number of anilines is 1. The van der Waals surface area contributed by atoms with E-state index in [0.717, 1.165) is 19.3 Å². The summed E-state index contributed by atoms with van der Waals surface area (Å²) < 4.78 is 4.49. The third-order valence-electron chi connectivity index (χ3n) is 3.51. The Labute approximate surface area is 128 Å². The number of hydrogen-bond acceptors (Lipinski definition) is 6. The molecule has 0 spiro atoms. The van der Waals surface area contributed by atoms with Crippen LogP contribution in [-0.4, -0.2) is 40.2 Å². The van der Waals surface area contributed by atoms with Gasteiger partial charge in [0.25, 0.3) is 0 Å². The van der Waals surface area contributed by atoms with Gasteiger partial charge >= 0.3 is 5.97 Å². The van der Waals surface area contributed by atoms with Gasteiger partial charge in [0.2, 0.25) is 5.91 Å². The van der Waals surface area contributed by atoms with Crippen LogP contribution in [0.1, 0.15) is 31.4 Å². The Kier molecular flexibility index (Phi) is 5.60. The van der Waals surface area contributed by atoms with E-state index in [-0.39, 0.29) is 11.8 Å². The van der Waals surface area contributed by atoms with E-state index in [1.165, 1.54) is 31.7 Å². The van der Waals surface area contributed by atoms with Crippen molar-refractivity contribution in [3.8, 4) is 0 Å². The first-order valence-corrected chi connectivity index (χ1v) is 7.15. The summed E-state index contributed by atoms with van der Waals surface area (Å²) in [5.74, 6) is -0.550. The van der Waals surface area contributed by atoms with Crippen molar-refractivity contribution < 1.29 is 19.4 Å². The molecule has 1 fully saturated rings. The first kappa shape index (κ1) is 16.1. The van der Waals surface area contributed by atoms with Crippen molar-refractivity contribution in [3.63, 3.8) is 0 Å². The maximum Gasteiger partial charge on any atom is 0.330 e. The lowest BCUT2D eigenvalue weighted by molar-refractivity contribution is -0.134. The van der Waals surface area contributed by atoms with Gasteiger partial charge in [-0.15, -0.1) is 0 Å². The highest BCUT2D eigenvalue weighted by Crippen LogP contribution is 2.25. The van der Waals surface area contributed by atoms with Crippen molar-refractivity contribution in [1.82, 2.24) is 9.97 Å². The number of aromatic nitrogens is 2. The third kappa shape index (κ3) is 4.63. The van der Waals surface area contributed by atoms with Crippen molar-refractivity contribution in [1.29, 1.82) is 0 Å². The molecule has 7 heteroatoms. The molecule has 1 amide bonds. The number of carbonyl (C=O) groups excluding carboxylic acids is 2. The second-order valence-electron chi connectivity index (χ2n) is 5.19. The number of esters is 1. The Morgan fingerprint density at radius 3 is 2.95 bits per heavy atom. The molecule has 2 N–H and O–H groups in total. The summed E-state index contributed by atoms with van der Waals surface area (Å²) >= 11 is 0. The van der Waals surface area contributed by atoms with Gasteiger partial charge in [0.05, 0.1) is 31.3 Å². The molecule has 1 aromatic rings. The third-order valence-corrected chi connectivity index (χ3v) is 3.51. The average molecular weight is 305 g/mol. The summed E-state index contributed by atoms with van der Waals surface area (Å²) in [6, 6.07) is 0. The maximum absolute atomic E-state index is 12.2. The van der Waals surface area contributed by atoms with E-state index in [1.807, 2.05) is 0 Å². The Balaban J connectivity index is 1.99. The smallest absolute Gasteiger partial charge is 0.330 e. The summed E-state index contributed by atoms with van der Waals surface area (Å²) in [6.07, 6.45) is 8.01. The van der Waals surface area contributed by atoms with Gasteiger partial charge in [-0.25, -0.2) is 9.78 Å². The molecule has 0 aliphatic heterocycles. The van der Waals surface area contributed by atoms with E-state index in [0.29, 0.717) is 17.9 Å². The van der Waals surface area contributed by atoms with E-state index < -0.39 is 12.1 Å². The number of nitrogens with one attached hydrogen (secondary N) is 1. The summed E-state index contributed by atoms with van der Waals surface area (Å²) in [4.78, 5) is 31.3. The average Bonchev–Trinajstić information content (AvgIpc) is 2.53. The molecule has 2 rings (SSSR count). The van der Waals surface area contributed by atoms with Crippen LogP contribution in [0.5, 0.6) is 0 Å². The SMILES string of the molecule is COC(=O)/C=C/c1cncc(NC(=O)C2CCCC(O)C2)n1. The van der Waals surface area contributed by atoms with Gasteiger partial charge < -0.3 is 15.2 Å². The molecule has 7 nitrogen and oxygen atoms in total. The van der Waals surface area contributed by atoms with Gasteiger partial charge in [-0.05, 0) is 25.3 Å². The molecule has 0 bridgehead atoms. The summed E-state index contributed by atoms with van der Waals surface area (Å²) in [5, 5.41) is 12.3. The van der Waals surface area contributed by atoms with Gasteiger partial charge in [-0.3, -0.25) is 9.78 Å². The topological polar surface area (TPSA) is 101 Å². The lowest BCUT2D eigenvalue weighted by Gasteiger charge is -2.24. The molecule has 0 radical (unpaired) electrons. The fourth-order valence-electron chi connectivity index (χ4n) is 2.37. The molecule has 0 aromatic carbocycles. The minimum absolute atomic E-state index is 0.165. The lowest BCUT2D eigenvalue weighted by atomic mass is 9.87. The zero-order chi connectivity index (χ0) is 15.9. The van der Waals surface area contributed by atoms with Gasteiger partial charge in [0, 0.05) is 12.0 Å². The maximum atomic E-state index is 12.2. The molecule has 1 aromatic heterocycles. The van der Waals surface area contributed by atoms with Crippen molar-refractivity contribution >= 4 is 23.8 Å². The van der Waals surface area contributed by atoms with E-state index in [9.17, 15) is 14.7 Å². The zero-order valence-corrected chi connectivity index (χ0v) is 12.4. The van der Waals surface area contributed by atoms with Crippen LogP contribution in [0.25, 0.3) is 6.08 Å². The number of nitrogens with zero attached hydrogens (tertiary/aromatic N) is 2. The highest BCUT2D eigenvalue weighted by molar-refractivity contribution is 5.91. The van der Waals surface area contributed by atoms with Crippen molar-refractivity contribution in [2.24, 2.45) is 5.92 Å². The minimum atomic E-state index is -0.493. The van der Waals surface area contributed by atoms with Gasteiger partial charge in [-0.1, -0.05) is 6.42 Å². The normalized spacial score (nSPS) is 21.5. The highest BCUT2D eigenvalue weighted by atomic mass is 16.5. The first-order chi connectivity index (χ1) is 10.6. The Morgan fingerprint density at radius 1 is 1.41 bits per heavy atom. The molecule has 0 saturated heterocycles. The predicted octanol–water partition coefficient (Wildman–Crippen LogP) is 1.15. The van der Waals surface area contributed by atoms with E-state index in [1.54, 1.807) is 0 Å². The number of ether oxygens (including phenoxy) is 1. The number of aliphatic hydroxyl groups excluding tert-OH is 1. The highest BCUT2D eigenvalue weighted by Gasteiger charge is 2.26. The number of methoxy groups -OCH3 is 1. The molecule has 1 aliphatic rings. The minimum Gasteiger partial charge on any atom is -0.466 e. The molecule has 1 saturated carbocycles. The fraction of sp³-hybridized carbons (Fsp3) is 0.467. The molecule has 2 atom stereocenters. The molecule has 1 aliphatic carbocycles. The monoisotopic (exact) mass is 305 g/mol. The standard InChI is InChI=1S/C15H19N3O4/c1-22-14(20)6-5-11-8-16-9-13(17-11)18-15(21)10-3-2-4-12(19)7-10/h5-6,8-10,12,19H,2-4,7H2,1H3,(H,17,18,21)/b6-5+. The second-order valence-corrected chi connectivity index (χ2v) is 5.19. The first-order valence-electron chi connectivity index (χ1n) is 7.15. The molecular formula is C15H19N3O4.